The average molecular weight is 376 g/mol. The molecule has 1 aromatic rings. The van der Waals surface area contributed by atoms with Gasteiger partial charge in [-0.3, -0.25) is 14.7 Å². The van der Waals surface area contributed by atoms with Gasteiger partial charge in [-0.2, -0.15) is 0 Å². The molecule has 1 amide bonds. The molecule has 0 aliphatic carbocycles. The summed E-state index contributed by atoms with van der Waals surface area (Å²) in [6, 6.07) is 4.69. The fourth-order valence-electron chi connectivity index (χ4n) is 3.98. The molecular formula is C21H37N5O. The van der Waals surface area contributed by atoms with E-state index in [0.29, 0.717) is 18.4 Å². The van der Waals surface area contributed by atoms with Gasteiger partial charge in [0.05, 0.1) is 0 Å². The zero-order valence-corrected chi connectivity index (χ0v) is 17.5. The first-order valence-electron chi connectivity index (χ1n) is 10.1. The third-order valence-electron chi connectivity index (χ3n) is 5.42. The summed E-state index contributed by atoms with van der Waals surface area (Å²) in [6.07, 6.45) is 7.50. The smallest absolute Gasteiger partial charge is 0.220 e. The van der Waals surface area contributed by atoms with E-state index in [2.05, 4.69) is 59.3 Å². The zero-order valence-electron chi connectivity index (χ0n) is 17.5. The first-order chi connectivity index (χ1) is 13.0. The summed E-state index contributed by atoms with van der Waals surface area (Å²) in [5.41, 5.74) is 1.26. The monoisotopic (exact) mass is 375 g/mol. The van der Waals surface area contributed by atoms with Crippen LogP contribution >= 0.6 is 0 Å². The van der Waals surface area contributed by atoms with Crippen molar-refractivity contribution in [3.63, 3.8) is 0 Å². The largest absolute Gasteiger partial charge is 0.356 e. The predicted octanol–water partition coefficient (Wildman–Crippen LogP) is 1.68. The van der Waals surface area contributed by atoms with Gasteiger partial charge < -0.3 is 15.1 Å². The summed E-state index contributed by atoms with van der Waals surface area (Å²) < 4.78 is 0. The molecule has 1 aliphatic heterocycles. The molecule has 0 saturated carbocycles. The van der Waals surface area contributed by atoms with Crippen LogP contribution < -0.4 is 5.32 Å². The molecule has 0 aromatic carbocycles. The second-order valence-electron chi connectivity index (χ2n) is 8.22. The number of carbonyl (C=O) groups excluding carboxylic acids is 1. The lowest BCUT2D eigenvalue weighted by atomic mass is 9.87. The normalized spacial score (nSPS) is 21.0. The maximum atomic E-state index is 12.2. The van der Waals surface area contributed by atoms with Gasteiger partial charge in [-0.25, -0.2) is 0 Å². The van der Waals surface area contributed by atoms with Crippen LogP contribution in [0.4, 0.5) is 0 Å². The van der Waals surface area contributed by atoms with E-state index in [-0.39, 0.29) is 5.91 Å². The molecule has 2 rings (SSSR count). The topological polar surface area (TPSA) is 51.7 Å². The Morgan fingerprint density at radius 1 is 1.33 bits per heavy atom. The van der Waals surface area contributed by atoms with Crippen LogP contribution in [-0.2, 0) is 11.3 Å². The molecule has 27 heavy (non-hydrogen) atoms. The minimum Gasteiger partial charge on any atom is -0.356 e. The minimum absolute atomic E-state index is 0.190. The number of nitrogens with zero attached hydrogens (tertiary/aromatic N) is 4. The molecule has 6 nitrogen and oxygen atoms in total. The van der Waals surface area contributed by atoms with Crippen LogP contribution in [0.25, 0.3) is 0 Å². The van der Waals surface area contributed by atoms with Crippen molar-refractivity contribution in [1.29, 1.82) is 0 Å². The minimum atomic E-state index is 0.190. The fourth-order valence-corrected chi connectivity index (χ4v) is 3.98. The first kappa shape index (κ1) is 21.8. The molecule has 0 unspecified atom stereocenters. The highest BCUT2D eigenvalue weighted by atomic mass is 16.1. The van der Waals surface area contributed by atoms with Gasteiger partial charge in [0.25, 0.3) is 0 Å². The van der Waals surface area contributed by atoms with E-state index in [9.17, 15) is 4.79 Å². The molecule has 0 radical (unpaired) electrons. The number of rotatable bonds is 10. The first-order valence-corrected chi connectivity index (χ1v) is 10.1. The van der Waals surface area contributed by atoms with Gasteiger partial charge in [0.1, 0.15) is 0 Å². The van der Waals surface area contributed by atoms with Crippen LogP contribution in [0.1, 0.15) is 31.2 Å². The van der Waals surface area contributed by atoms with Crippen molar-refractivity contribution in [2.45, 2.75) is 38.3 Å². The van der Waals surface area contributed by atoms with E-state index in [1.807, 2.05) is 18.5 Å². The zero-order chi connectivity index (χ0) is 19.6. The van der Waals surface area contributed by atoms with Crippen LogP contribution in [0.3, 0.4) is 0 Å². The number of carbonyl (C=O) groups is 1. The van der Waals surface area contributed by atoms with Crippen LogP contribution in [0.15, 0.2) is 24.5 Å². The van der Waals surface area contributed by atoms with Crippen LogP contribution in [0, 0.1) is 5.92 Å². The van der Waals surface area contributed by atoms with Crippen molar-refractivity contribution in [3.05, 3.63) is 30.1 Å². The van der Waals surface area contributed by atoms with Crippen LogP contribution in [0.2, 0.25) is 0 Å². The highest BCUT2D eigenvalue weighted by Gasteiger charge is 2.30. The number of likely N-dealkylation sites (tertiary alicyclic amines) is 1. The van der Waals surface area contributed by atoms with Gasteiger partial charge in [0.15, 0.2) is 0 Å². The van der Waals surface area contributed by atoms with E-state index in [4.69, 9.17) is 0 Å². The SMILES string of the molecule is CN(C)CCCNC(=O)CC[C@@H]1CN(Cc2cccnc2)CC[C@@H]1N(C)C. The van der Waals surface area contributed by atoms with Gasteiger partial charge in [0, 0.05) is 44.5 Å². The van der Waals surface area contributed by atoms with Crippen molar-refractivity contribution in [2.75, 3.05) is 54.4 Å². The summed E-state index contributed by atoms with van der Waals surface area (Å²) >= 11 is 0. The van der Waals surface area contributed by atoms with Gasteiger partial charge in [0.2, 0.25) is 5.91 Å². The van der Waals surface area contributed by atoms with E-state index in [0.717, 1.165) is 52.0 Å². The van der Waals surface area contributed by atoms with Gasteiger partial charge in [-0.05, 0) is 78.1 Å². The number of amides is 1. The molecule has 2 heterocycles. The lowest BCUT2D eigenvalue weighted by Crippen LogP contribution is -2.48. The molecule has 2 atom stereocenters. The summed E-state index contributed by atoms with van der Waals surface area (Å²) in [4.78, 5) is 23.4. The maximum absolute atomic E-state index is 12.2. The Morgan fingerprint density at radius 2 is 2.15 bits per heavy atom. The summed E-state index contributed by atoms with van der Waals surface area (Å²) in [7, 11) is 8.44. The fraction of sp³-hybridized carbons (Fsp3) is 0.714. The molecule has 0 spiro atoms. The number of hydrogen-bond acceptors (Lipinski definition) is 5. The molecule has 1 saturated heterocycles. The Bertz CT molecular complexity index is 549. The standard InChI is InChI=1S/C21H37N5O/c1-24(2)13-6-12-23-21(27)9-8-19-17-26(14-10-20(19)25(3)4)16-18-7-5-11-22-15-18/h5,7,11,15,19-20H,6,8-10,12-14,16-17H2,1-4H3,(H,23,27)/t19-,20+/m1/s1. The number of aromatic nitrogens is 1. The lowest BCUT2D eigenvalue weighted by molar-refractivity contribution is -0.121. The molecule has 1 aromatic heterocycles. The van der Waals surface area contributed by atoms with Crippen LogP contribution in [-0.4, -0.2) is 86.0 Å². The Labute approximate surface area is 164 Å². The molecule has 6 heteroatoms. The number of nitrogens with one attached hydrogen (secondary N) is 1. The highest BCUT2D eigenvalue weighted by molar-refractivity contribution is 5.75. The Balaban J connectivity index is 1.80. The number of pyridine rings is 1. The van der Waals surface area contributed by atoms with E-state index in [1.54, 1.807) is 0 Å². The molecule has 0 bridgehead atoms. The number of piperidine rings is 1. The highest BCUT2D eigenvalue weighted by Crippen LogP contribution is 2.26. The summed E-state index contributed by atoms with van der Waals surface area (Å²) in [5.74, 6) is 0.716. The second kappa shape index (κ2) is 11.4. The molecule has 152 valence electrons. The molecule has 1 fully saturated rings. The quantitative estimate of drug-likeness (QED) is 0.631. The maximum Gasteiger partial charge on any atom is 0.220 e. The molecule has 1 aliphatic rings. The van der Waals surface area contributed by atoms with Crippen molar-refractivity contribution >= 4 is 5.91 Å². The summed E-state index contributed by atoms with van der Waals surface area (Å²) in [5, 5.41) is 3.07. The van der Waals surface area contributed by atoms with Crippen molar-refractivity contribution in [3.8, 4) is 0 Å². The third-order valence-corrected chi connectivity index (χ3v) is 5.42. The van der Waals surface area contributed by atoms with Crippen molar-refractivity contribution in [2.24, 2.45) is 5.92 Å². The van der Waals surface area contributed by atoms with Crippen molar-refractivity contribution in [1.82, 2.24) is 25.0 Å². The third kappa shape index (κ3) is 7.95. The van der Waals surface area contributed by atoms with E-state index < -0.39 is 0 Å². The average Bonchev–Trinajstić information content (AvgIpc) is 2.64. The molecular weight excluding hydrogens is 338 g/mol. The van der Waals surface area contributed by atoms with Gasteiger partial charge >= 0.3 is 0 Å². The Morgan fingerprint density at radius 3 is 2.81 bits per heavy atom. The lowest BCUT2D eigenvalue weighted by Gasteiger charge is -2.41. The van der Waals surface area contributed by atoms with Gasteiger partial charge in [-0.15, -0.1) is 0 Å². The van der Waals surface area contributed by atoms with Crippen LogP contribution in [0.5, 0.6) is 0 Å². The summed E-state index contributed by atoms with van der Waals surface area (Å²) in [6.45, 7) is 4.87. The predicted molar refractivity (Wildman–Crippen MR) is 111 cm³/mol. The molecule has 1 N–H and O–H groups in total. The second-order valence-corrected chi connectivity index (χ2v) is 8.22. The van der Waals surface area contributed by atoms with E-state index >= 15 is 0 Å². The number of hydrogen-bond donors (Lipinski definition) is 1. The van der Waals surface area contributed by atoms with Gasteiger partial charge in [-0.1, -0.05) is 6.07 Å². The Kier molecular flexibility index (Phi) is 9.18. The van der Waals surface area contributed by atoms with E-state index in [1.165, 1.54) is 5.56 Å². The van der Waals surface area contributed by atoms with Crippen molar-refractivity contribution < 1.29 is 4.79 Å². The Hall–Kier alpha value is -1.50.